The topological polar surface area (TPSA) is 68.7 Å². The van der Waals surface area contributed by atoms with Gasteiger partial charge in [0.15, 0.2) is 0 Å². The Morgan fingerprint density at radius 1 is 1.14 bits per heavy atom. The molecule has 1 atom stereocenters. The molecule has 0 spiro atoms. The van der Waals surface area contributed by atoms with Crippen molar-refractivity contribution in [1.29, 1.82) is 0 Å². The average molecular weight is 402 g/mol. The molecule has 4 rings (SSSR count). The van der Waals surface area contributed by atoms with Gasteiger partial charge in [0.25, 0.3) is 0 Å². The van der Waals surface area contributed by atoms with Gasteiger partial charge >= 0.3 is 0 Å². The van der Waals surface area contributed by atoms with Crippen LogP contribution in [0.3, 0.4) is 0 Å². The van der Waals surface area contributed by atoms with E-state index < -0.39 is 15.8 Å². The van der Waals surface area contributed by atoms with E-state index in [1.807, 2.05) is 30.3 Å². The molecule has 1 aliphatic heterocycles. The first kappa shape index (κ1) is 18.6. The highest BCUT2D eigenvalue weighted by atomic mass is 32.2. The zero-order valence-electron chi connectivity index (χ0n) is 15.2. The van der Waals surface area contributed by atoms with Crippen LogP contribution >= 0.6 is 0 Å². The van der Waals surface area contributed by atoms with E-state index in [0.717, 1.165) is 17.0 Å². The van der Waals surface area contributed by atoms with Gasteiger partial charge in [0.05, 0.1) is 19.2 Å². The molecule has 0 amide bonds. The molecule has 1 unspecified atom stereocenters. The minimum absolute atomic E-state index is 0.113. The minimum Gasteiger partial charge on any atom is -0.495 e. The van der Waals surface area contributed by atoms with Crippen molar-refractivity contribution in [2.24, 2.45) is 0 Å². The molecule has 1 fully saturated rings. The molecule has 3 aromatic rings. The number of para-hydroxylation sites is 1. The van der Waals surface area contributed by atoms with Gasteiger partial charge in [-0.15, -0.1) is 0 Å². The first-order valence-electron chi connectivity index (χ1n) is 8.83. The lowest BCUT2D eigenvalue weighted by atomic mass is 10.2. The fourth-order valence-electron chi connectivity index (χ4n) is 3.29. The molecule has 6 nitrogen and oxygen atoms in total. The molecule has 0 aliphatic carbocycles. The van der Waals surface area contributed by atoms with Crippen molar-refractivity contribution in [2.45, 2.75) is 17.4 Å². The van der Waals surface area contributed by atoms with E-state index in [9.17, 15) is 12.8 Å². The monoisotopic (exact) mass is 402 g/mol. The standard InChI is InChI=1S/C20H19FN2O4S/c1-26-18-8-7-15(21)12-19(18)28(24,25)23-11-10-16(13-23)27-20-9-6-14-4-2-3-5-17(14)22-20/h2-9,12,16H,10-11,13H2,1H3. The van der Waals surface area contributed by atoms with Crippen LogP contribution in [0.15, 0.2) is 59.5 Å². The number of benzene rings is 2. The second-order valence-electron chi connectivity index (χ2n) is 6.53. The second-order valence-corrected chi connectivity index (χ2v) is 8.44. The summed E-state index contributed by atoms with van der Waals surface area (Å²) in [6, 6.07) is 14.8. The Balaban J connectivity index is 1.52. The maximum Gasteiger partial charge on any atom is 0.246 e. The fraction of sp³-hybridized carbons (Fsp3) is 0.250. The summed E-state index contributed by atoms with van der Waals surface area (Å²) in [7, 11) is -2.54. The number of sulfonamides is 1. The van der Waals surface area contributed by atoms with Gasteiger partial charge in [-0.1, -0.05) is 18.2 Å². The lowest BCUT2D eigenvalue weighted by Crippen LogP contribution is -2.31. The number of ether oxygens (including phenoxy) is 2. The lowest BCUT2D eigenvalue weighted by molar-refractivity contribution is 0.207. The van der Waals surface area contributed by atoms with Gasteiger partial charge in [0.1, 0.15) is 22.6 Å². The predicted octanol–water partition coefficient (Wildman–Crippen LogP) is 3.22. The number of hydrogen-bond acceptors (Lipinski definition) is 5. The Bertz CT molecular complexity index is 1120. The lowest BCUT2D eigenvalue weighted by Gasteiger charge is -2.18. The van der Waals surface area contributed by atoms with Crippen molar-refractivity contribution in [3.8, 4) is 11.6 Å². The molecule has 0 bridgehead atoms. The number of nitrogens with zero attached hydrogens (tertiary/aromatic N) is 2. The molecule has 1 aliphatic rings. The van der Waals surface area contributed by atoms with Crippen molar-refractivity contribution in [3.05, 3.63) is 60.4 Å². The van der Waals surface area contributed by atoms with Gasteiger partial charge in [-0.2, -0.15) is 4.31 Å². The zero-order valence-corrected chi connectivity index (χ0v) is 16.0. The molecule has 0 N–H and O–H groups in total. The summed E-state index contributed by atoms with van der Waals surface area (Å²) in [5.74, 6) is -0.0695. The van der Waals surface area contributed by atoms with Gasteiger partial charge in [0.2, 0.25) is 15.9 Å². The molecular weight excluding hydrogens is 383 g/mol. The first-order chi connectivity index (χ1) is 13.5. The van der Waals surface area contributed by atoms with E-state index in [1.54, 1.807) is 6.07 Å². The Morgan fingerprint density at radius 2 is 1.96 bits per heavy atom. The van der Waals surface area contributed by atoms with Crippen molar-refractivity contribution in [3.63, 3.8) is 0 Å². The molecular formula is C20H19FN2O4S. The van der Waals surface area contributed by atoms with Gasteiger partial charge < -0.3 is 9.47 Å². The number of fused-ring (bicyclic) bond motifs is 1. The number of hydrogen-bond donors (Lipinski definition) is 0. The fourth-order valence-corrected chi connectivity index (χ4v) is 4.94. The Kier molecular flexibility index (Phi) is 4.91. The van der Waals surface area contributed by atoms with Crippen LogP contribution in [0.4, 0.5) is 4.39 Å². The molecule has 1 aromatic heterocycles. The van der Waals surface area contributed by atoms with Crippen molar-refractivity contribution < 1.29 is 22.3 Å². The van der Waals surface area contributed by atoms with E-state index in [4.69, 9.17) is 9.47 Å². The average Bonchev–Trinajstić information content (AvgIpc) is 3.17. The summed E-state index contributed by atoms with van der Waals surface area (Å²) in [5.41, 5.74) is 0.812. The summed E-state index contributed by atoms with van der Waals surface area (Å²) in [4.78, 5) is 4.28. The molecule has 1 saturated heterocycles. The highest BCUT2D eigenvalue weighted by molar-refractivity contribution is 7.89. The summed E-state index contributed by atoms with van der Waals surface area (Å²) >= 11 is 0. The summed E-state index contributed by atoms with van der Waals surface area (Å²) in [6.45, 7) is 0.441. The normalized spacial score (nSPS) is 17.7. The largest absolute Gasteiger partial charge is 0.495 e. The quantitative estimate of drug-likeness (QED) is 0.655. The molecule has 2 heterocycles. The van der Waals surface area contributed by atoms with E-state index in [-0.39, 0.29) is 29.8 Å². The maximum atomic E-state index is 13.6. The van der Waals surface area contributed by atoms with Gasteiger partial charge in [-0.3, -0.25) is 0 Å². The predicted molar refractivity (Wildman–Crippen MR) is 102 cm³/mol. The van der Waals surface area contributed by atoms with Crippen LogP contribution in [0.5, 0.6) is 11.6 Å². The van der Waals surface area contributed by atoms with Crippen LogP contribution < -0.4 is 9.47 Å². The number of rotatable bonds is 5. The molecule has 2 aromatic carbocycles. The number of pyridine rings is 1. The van der Waals surface area contributed by atoms with Gasteiger partial charge in [-0.05, 0) is 36.8 Å². The second kappa shape index (κ2) is 7.37. The van der Waals surface area contributed by atoms with E-state index in [1.165, 1.54) is 23.5 Å². The molecule has 8 heteroatoms. The van der Waals surface area contributed by atoms with Crippen LogP contribution in [-0.2, 0) is 10.0 Å². The third kappa shape index (κ3) is 3.53. The van der Waals surface area contributed by atoms with Crippen molar-refractivity contribution >= 4 is 20.9 Å². The smallest absolute Gasteiger partial charge is 0.246 e. The van der Waals surface area contributed by atoms with Crippen molar-refractivity contribution in [1.82, 2.24) is 9.29 Å². The van der Waals surface area contributed by atoms with Crippen LogP contribution in [0, 0.1) is 5.82 Å². The third-order valence-corrected chi connectivity index (χ3v) is 6.60. The number of halogens is 1. The van der Waals surface area contributed by atoms with E-state index >= 15 is 0 Å². The summed E-state index contributed by atoms with van der Waals surface area (Å²) in [5, 5.41) is 1.00. The van der Waals surface area contributed by atoms with Crippen LogP contribution in [0.2, 0.25) is 0 Å². The zero-order chi connectivity index (χ0) is 19.7. The number of methoxy groups -OCH3 is 1. The summed E-state index contributed by atoms with van der Waals surface area (Å²) < 4.78 is 51.8. The molecule has 146 valence electrons. The van der Waals surface area contributed by atoms with Gasteiger partial charge in [0, 0.05) is 18.0 Å². The van der Waals surface area contributed by atoms with Crippen molar-refractivity contribution in [2.75, 3.05) is 20.2 Å². The molecule has 28 heavy (non-hydrogen) atoms. The summed E-state index contributed by atoms with van der Waals surface area (Å²) in [6.07, 6.45) is 0.189. The van der Waals surface area contributed by atoms with Crippen LogP contribution in [-0.4, -0.2) is 44.0 Å². The SMILES string of the molecule is COc1ccc(F)cc1S(=O)(=O)N1CCC(Oc2ccc3ccccc3n2)C1. The Morgan fingerprint density at radius 3 is 2.79 bits per heavy atom. The van der Waals surface area contributed by atoms with Gasteiger partial charge in [-0.25, -0.2) is 17.8 Å². The third-order valence-electron chi connectivity index (χ3n) is 4.71. The van der Waals surface area contributed by atoms with Crippen LogP contribution in [0.25, 0.3) is 10.9 Å². The minimum atomic E-state index is -3.90. The highest BCUT2D eigenvalue weighted by Crippen LogP contribution is 2.30. The highest BCUT2D eigenvalue weighted by Gasteiger charge is 2.35. The van der Waals surface area contributed by atoms with Crippen LogP contribution in [0.1, 0.15) is 6.42 Å². The number of aromatic nitrogens is 1. The maximum absolute atomic E-state index is 13.6. The van der Waals surface area contributed by atoms with E-state index in [2.05, 4.69) is 4.98 Å². The molecule has 0 radical (unpaired) electrons. The first-order valence-corrected chi connectivity index (χ1v) is 10.3. The molecule has 0 saturated carbocycles. The Labute approximate surface area is 162 Å². The van der Waals surface area contributed by atoms with E-state index in [0.29, 0.717) is 12.3 Å². The Hall–Kier alpha value is -2.71.